The van der Waals surface area contributed by atoms with Crippen LogP contribution in [0.5, 0.6) is 17.2 Å². The van der Waals surface area contributed by atoms with E-state index in [4.69, 9.17) is 37.4 Å². The van der Waals surface area contributed by atoms with Gasteiger partial charge in [-0.25, -0.2) is 0 Å². The van der Waals surface area contributed by atoms with Crippen LogP contribution in [0.1, 0.15) is 5.56 Å². The fourth-order valence-electron chi connectivity index (χ4n) is 2.14. The lowest BCUT2D eigenvalue weighted by molar-refractivity contribution is 0.308. The van der Waals surface area contributed by atoms with Crippen molar-refractivity contribution in [3.05, 3.63) is 17.7 Å². The number of halogens is 3. The number of benzene rings is 1. The lowest BCUT2D eigenvalue weighted by Crippen LogP contribution is -2.30. The molecule has 128 valence electrons. The van der Waals surface area contributed by atoms with Gasteiger partial charge >= 0.3 is 0 Å². The molecule has 0 amide bonds. The van der Waals surface area contributed by atoms with Crippen molar-refractivity contribution < 1.29 is 14.2 Å². The second-order valence-corrected chi connectivity index (χ2v) is 5.26. The average Bonchev–Trinajstić information content (AvgIpc) is 2.51. The van der Waals surface area contributed by atoms with E-state index in [0.717, 1.165) is 31.6 Å². The summed E-state index contributed by atoms with van der Waals surface area (Å²) in [5, 5.41) is 0. The molecule has 0 unspecified atom stereocenters. The number of ether oxygens (including phenoxy) is 3. The van der Waals surface area contributed by atoms with E-state index in [1.54, 1.807) is 21.3 Å². The maximum absolute atomic E-state index is 5.81. The van der Waals surface area contributed by atoms with E-state index in [2.05, 4.69) is 4.90 Å². The fraction of sp³-hybridized carbons (Fsp3) is 0.600. The largest absolute Gasteiger partial charge is 0.493 e. The van der Waals surface area contributed by atoms with Crippen molar-refractivity contribution in [3.63, 3.8) is 0 Å². The molecule has 4 nitrogen and oxygen atoms in total. The smallest absolute Gasteiger partial charge is 0.203 e. The topological polar surface area (TPSA) is 30.9 Å². The Morgan fingerprint density at radius 1 is 0.864 bits per heavy atom. The lowest BCUT2D eigenvalue weighted by atomic mass is 10.1. The molecule has 7 heteroatoms. The van der Waals surface area contributed by atoms with Crippen molar-refractivity contribution in [1.29, 1.82) is 0 Å². The van der Waals surface area contributed by atoms with Crippen LogP contribution in [0.2, 0.25) is 0 Å². The minimum absolute atomic E-state index is 0. The fourth-order valence-corrected chi connectivity index (χ4v) is 2.62. The van der Waals surface area contributed by atoms with E-state index in [1.165, 1.54) is 0 Å². The summed E-state index contributed by atoms with van der Waals surface area (Å²) in [5.41, 5.74) is 1.12. The molecule has 0 spiro atoms. The standard InChI is InChI=1S/C15H23Cl2NO3.ClH/c1-19-13-10-12(11-14(20-2)15(13)21-3)4-7-18(8-5-16)9-6-17;/h10-11H,4-9H2,1-3H3;1H. The molecule has 1 aromatic rings. The van der Waals surface area contributed by atoms with Crippen LogP contribution in [-0.4, -0.2) is 57.6 Å². The predicted molar refractivity (Wildman–Crippen MR) is 94.9 cm³/mol. The highest BCUT2D eigenvalue weighted by atomic mass is 35.5. The van der Waals surface area contributed by atoms with Crippen molar-refractivity contribution in [2.45, 2.75) is 6.42 Å². The Morgan fingerprint density at radius 3 is 1.73 bits per heavy atom. The van der Waals surface area contributed by atoms with Gasteiger partial charge in [-0.1, -0.05) is 0 Å². The zero-order chi connectivity index (χ0) is 15.7. The van der Waals surface area contributed by atoms with Crippen LogP contribution in [0, 0.1) is 0 Å². The molecule has 1 rings (SSSR count). The van der Waals surface area contributed by atoms with Gasteiger partial charge in [0, 0.05) is 31.4 Å². The van der Waals surface area contributed by atoms with Crippen LogP contribution in [0.3, 0.4) is 0 Å². The SMILES string of the molecule is COc1cc(CCN(CCCl)CCCl)cc(OC)c1OC.Cl. The summed E-state index contributed by atoms with van der Waals surface area (Å²) >= 11 is 11.6. The molecule has 0 aliphatic rings. The number of nitrogens with zero attached hydrogens (tertiary/aromatic N) is 1. The van der Waals surface area contributed by atoms with Crippen LogP contribution < -0.4 is 14.2 Å². The van der Waals surface area contributed by atoms with Crippen LogP contribution in [-0.2, 0) is 6.42 Å². The molecule has 0 saturated carbocycles. The zero-order valence-corrected chi connectivity index (χ0v) is 15.6. The molecule has 0 heterocycles. The molecule has 22 heavy (non-hydrogen) atoms. The highest BCUT2D eigenvalue weighted by molar-refractivity contribution is 6.18. The number of hydrogen-bond donors (Lipinski definition) is 0. The van der Waals surface area contributed by atoms with Gasteiger partial charge in [-0.2, -0.15) is 0 Å². The van der Waals surface area contributed by atoms with Crippen molar-refractivity contribution in [2.24, 2.45) is 0 Å². The second kappa shape index (κ2) is 11.9. The highest BCUT2D eigenvalue weighted by Gasteiger charge is 2.13. The van der Waals surface area contributed by atoms with Crippen LogP contribution in [0.15, 0.2) is 12.1 Å². The summed E-state index contributed by atoms with van der Waals surface area (Å²) in [6, 6.07) is 3.95. The Kier molecular flexibility index (Phi) is 11.6. The van der Waals surface area contributed by atoms with Gasteiger partial charge in [0.15, 0.2) is 11.5 Å². The predicted octanol–water partition coefficient (Wildman–Crippen LogP) is 3.46. The first kappa shape index (κ1) is 21.4. The molecule has 0 aliphatic carbocycles. The molecule has 1 aromatic carbocycles. The molecule has 0 aliphatic heterocycles. The van der Waals surface area contributed by atoms with Gasteiger partial charge < -0.3 is 19.1 Å². The minimum Gasteiger partial charge on any atom is -0.493 e. The average molecular weight is 373 g/mol. The zero-order valence-electron chi connectivity index (χ0n) is 13.2. The van der Waals surface area contributed by atoms with Crippen molar-refractivity contribution in [2.75, 3.05) is 52.7 Å². The Labute approximate surface area is 149 Å². The Balaban J connectivity index is 0.00000441. The van der Waals surface area contributed by atoms with Crippen LogP contribution >= 0.6 is 35.6 Å². The molecule has 0 saturated heterocycles. The van der Waals surface area contributed by atoms with Crippen molar-refractivity contribution in [1.82, 2.24) is 4.90 Å². The quantitative estimate of drug-likeness (QED) is 0.589. The number of alkyl halides is 2. The molecule has 0 fully saturated rings. The van der Waals surface area contributed by atoms with E-state index in [1.807, 2.05) is 12.1 Å². The van der Waals surface area contributed by atoms with E-state index in [9.17, 15) is 0 Å². The first-order chi connectivity index (χ1) is 10.2. The summed E-state index contributed by atoms with van der Waals surface area (Å²) in [6.45, 7) is 2.55. The summed E-state index contributed by atoms with van der Waals surface area (Å²) in [4.78, 5) is 2.24. The maximum Gasteiger partial charge on any atom is 0.203 e. The van der Waals surface area contributed by atoms with Gasteiger partial charge in [0.2, 0.25) is 5.75 Å². The molecular weight excluding hydrogens is 349 g/mol. The van der Waals surface area contributed by atoms with Crippen LogP contribution in [0.25, 0.3) is 0 Å². The summed E-state index contributed by atoms with van der Waals surface area (Å²) in [6.07, 6.45) is 0.866. The number of rotatable bonds is 10. The monoisotopic (exact) mass is 371 g/mol. The number of methoxy groups -OCH3 is 3. The summed E-state index contributed by atoms with van der Waals surface area (Å²) in [7, 11) is 4.84. The third-order valence-corrected chi connectivity index (χ3v) is 3.58. The molecule has 0 radical (unpaired) electrons. The highest BCUT2D eigenvalue weighted by Crippen LogP contribution is 2.38. The number of hydrogen-bond acceptors (Lipinski definition) is 4. The van der Waals surface area contributed by atoms with E-state index < -0.39 is 0 Å². The third kappa shape index (κ3) is 6.29. The van der Waals surface area contributed by atoms with Gasteiger partial charge in [-0.3, -0.25) is 0 Å². The maximum atomic E-state index is 5.81. The van der Waals surface area contributed by atoms with E-state index in [0.29, 0.717) is 29.0 Å². The summed E-state index contributed by atoms with van der Waals surface area (Å²) < 4.78 is 16.0. The molecule has 0 bridgehead atoms. The van der Waals surface area contributed by atoms with Gasteiger partial charge in [0.1, 0.15) is 0 Å². The molecule has 0 atom stereocenters. The van der Waals surface area contributed by atoms with Gasteiger partial charge in [-0.15, -0.1) is 35.6 Å². The lowest BCUT2D eigenvalue weighted by Gasteiger charge is -2.20. The normalized spacial score (nSPS) is 10.3. The van der Waals surface area contributed by atoms with Crippen LogP contribution in [0.4, 0.5) is 0 Å². The first-order valence-electron chi connectivity index (χ1n) is 6.83. The Bertz CT molecular complexity index is 401. The van der Waals surface area contributed by atoms with Crippen molar-refractivity contribution >= 4 is 35.6 Å². The van der Waals surface area contributed by atoms with Gasteiger partial charge in [0.25, 0.3) is 0 Å². The minimum atomic E-state index is 0. The van der Waals surface area contributed by atoms with E-state index in [-0.39, 0.29) is 12.4 Å². The molecule has 0 aromatic heterocycles. The van der Waals surface area contributed by atoms with E-state index >= 15 is 0 Å². The van der Waals surface area contributed by atoms with Gasteiger partial charge in [-0.05, 0) is 24.1 Å². The molecule has 0 N–H and O–H groups in total. The Morgan fingerprint density at radius 2 is 1.36 bits per heavy atom. The van der Waals surface area contributed by atoms with Crippen molar-refractivity contribution in [3.8, 4) is 17.2 Å². The second-order valence-electron chi connectivity index (χ2n) is 4.50. The third-order valence-electron chi connectivity index (χ3n) is 3.24. The molecular formula is C15H24Cl3NO3. The Hall–Kier alpha value is -0.550. The van der Waals surface area contributed by atoms with Gasteiger partial charge in [0.05, 0.1) is 21.3 Å². The summed E-state index contributed by atoms with van der Waals surface area (Å²) in [5.74, 6) is 3.17. The first-order valence-corrected chi connectivity index (χ1v) is 7.90.